The monoisotopic (exact) mass is 326 g/mol. The summed E-state index contributed by atoms with van der Waals surface area (Å²) < 4.78 is 0. The molecule has 128 valence electrons. The van der Waals surface area contributed by atoms with E-state index in [0.29, 0.717) is 12.6 Å². The van der Waals surface area contributed by atoms with E-state index in [1.165, 1.54) is 11.1 Å². The van der Waals surface area contributed by atoms with Gasteiger partial charge < -0.3 is 9.80 Å². The van der Waals surface area contributed by atoms with Crippen LogP contribution in [0.3, 0.4) is 0 Å². The molecule has 4 rings (SSSR count). The Kier molecular flexibility index (Phi) is 4.07. The molecule has 1 aromatic carbocycles. The molecule has 2 amide bonds. The highest BCUT2D eigenvalue weighted by atomic mass is 16.2. The maximum absolute atomic E-state index is 13.2. The van der Waals surface area contributed by atoms with E-state index in [9.17, 15) is 9.59 Å². The maximum atomic E-state index is 13.2. The van der Waals surface area contributed by atoms with Crippen molar-refractivity contribution in [3.05, 3.63) is 35.4 Å². The van der Waals surface area contributed by atoms with Gasteiger partial charge in [0.2, 0.25) is 11.8 Å². The summed E-state index contributed by atoms with van der Waals surface area (Å²) in [6, 6.07) is 8.54. The van der Waals surface area contributed by atoms with Crippen LogP contribution < -0.4 is 0 Å². The van der Waals surface area contributed by atoms with E-state index in [1.54, 1.807) is 0 Å². The summed E-state index contributed by atoms with van der Waals surface area (Å²) in [5.74, 6) is 0.590. The lowest BCUT2D eigenvalue weighted by molar-refractivity contribution is -0.145. The smallest absolute Gasteiger partial charge is 0.245 e. The van der Waals surface area contributed by atoms with E-state index in [-0.39, 0.29) is 23.8 Å². The fourth-order valence-corrected chi connectivity index (χ4v) is 3.82. The lowest BCUT2D eigenvalue weighted by Crippen LogP contribution is -2.48. The Hall–Kier alpha value is -1.84. The second kappa shape index (κ2) is 6.23. The predicted molar refractivity (Wildman–Crippen MR) is 92.2 cm³/mol. The van der Waals surface area contributed by atoms with Crippen LogP contribution in [0, 0.1) is 12.8 Å². The Morgan fingerprint density at radius 3 is 2.62 bits per heavy atom. The average molecular weight is 326 g/mol. The highest BCUT2D eigenvalue weighted by Gasteiger charge is 2.44. The molecule has 1 aliphatic heterocycles. The first kappa shape index (κ1) is 15.7. The van der Waals surface area contributed by atoms with Crippen LogP contribution in [0.25, 0.3) is 0 Å². The summed E-state index contributed by atoms with van der Waals surface area (Å²) in [6.45, 7) is 3.52. The lowest BCUT2D eigenvalue weighted by atomic mass is 10.1. The highest BCUT2D eigenvalue weighted by Crippen LogP contribution is 2.35. The van der Waals surface area contributed by atoms with Crippen molar-refractivity contribution in [2.75, 3.05) is 6.54 Å². The van der Waals surface area contributed by atoms with Gasteiger partial charge in [0, 0.05) is 25.0 Å². The molecule has 2 saturated carbocycles. The minimum Gasteiger partial charge on any atom is -0.334 e. The minimum atomic E-state index is -0.219. The molecule has 0 spiro atoms. The third-order valence-corrected chi connectivity index (χ3v) is 5.45. The Labute approximate surface area is 143 Å². The molecule has 1 aromatic rings. The van der Waals surface area contributed by atoms with Gasteiger partial charge in [-0.3, -0.25) is 9.59 Å². The van der Waals surface area contributed by atoms with Crippen molar-refractivity contribution in [3.8, 4) is 0 Å². The van der Waals surface area contributed by atoms with Crippen LogP contribution in [0.15, 0.2) is 24.3 Å². The van der Waals surface area contributed by atoms with E-state index >= 15 is 0 Å². The SMILES string of the molecule is Cc1cccc(CN(C(=O)[C@H]2CCCN2C(=O)C2CC2)C2CC2)c1. The van der Waals surface area contributed by atoms with Crippen molar-refractivity contribution >= 4 is 11.8 Å². The average Bonchev–Trinajstić information content (AvgIpc) is 3.49. The lowest BCUT2D eigenvalue weighted by Gasteiger charge is -2.31. The minimum absolute atomic E-state index is 0.172. The van der Waals surface area contributed by atoms with Gasteiger partial charge in [-0.15, -0.1) is 0 Å². The number of hydrogen-bond donors (Lipinski definition) is 0. The number of carbonyl (C=O) groups excluding carboxylic acids is 2. The number of benzene rings is 1. The van der Waals surface area contributed by atoms with Crippen LogP contribution >= 0.6 is 0 Å². The first-order valence-electron chi connectivity index (χ1n) is 9.30. The third-order valence-electron chi connectivity index (χ3n) is 5.45. The summed E-state index contributed by atoms with van der Waals surface area (Å²) in [5.41, 5.74) is 2.41. The Balaban J connectivity index is 1.50. The van der Waals surface area contributed by atoms with Gasteiger partial charge in [-0.25, -0.2) is 0 Å². The normalized spacial score (nSPS) is 23.4. The number of likely N-dealkylation sites (tertiary alicyclic amines) is 1. The predicted octanol–water partition coefficient (Wildman–Crippen LogP) is 2.89. The van der Waals surface area contributed by atoms with Crippen LogP contribution in [0.2, 0.25) is 0 Å². The molecule has 4 nitrogen and oxygen atoms in total. The van der Waals surface area contributed by atoms with Gasteiger partial charge in [-0.2, -0.15) is 0 Å². The van der Waals surface area contributed by atoms with E-state index < -0.39 is 0 Å². The number of carbonyl (C=O) groups is 2. The van der Waals surface area contributed by atoms with Gasteiger partial charge in [0.05, 0.1) is 0 Å². The molecule has 1 atom stereocenters. The molecule has 0 aromatic heterocycles. The van der Waals surface area contributed by atoms with Gasteiger partial charge in [0.1, 0.15) is 6.04 Å². The van der Waals surface area contributed by atoms with Gasteiger partial charge in [-0.1, -0.05) is 29.8 Å². The van der Waals surface area contributed by atoms with Crippen molar-refractivity contribution in [3.63, 3.8) is 0 Å². The van der Waals surface area contributed by atoms with Crippen molar-refractivity contribution in [1.82, 2.24) is 9.80 Å². The van der Waals surface area contributed by atoms with Crippen LogP contribution in [0.5, 0.6) is 0 Å². The number of nitrogens with zero attached hydrogens (tertiary/aromatic N) is 2. The van der Waals surface area contributed by atoms with Gasteiger partial charge in [0.25, 0.3) is 0 Å². The van der Waals surface area contributed by atoms with Gasteiger partial charge >= 0.3 is 0 Å². The molecule has 3 aliphatic rings. The van der Waals surface area contributed by atoms with Crippen LogP contribution in [0.4, 0.5) is 0 Å². The van der Waals surface area contributed by atoms with Gasteiger partial charge in [0.15, 0.2) is 0 Å². The highest BCUT2D eigenvalue weighted by molar-refractivity contribution is 5.90. The molecular weight excluding hydrogens is 300 g/mol. The van der Waals surface area contributed by atoms with E-state index in [4.69, 9.17) is 0 Å². The molecule has 4 heteroatoms. The zero-order chi connectivity index (χ0) is 16.7. The summed E-state index contributed by atoms with van der Waals surface area (Å²) in [5, 5.41) is 0. The molecule has 2 aliphatic carbocycles. The summed E-state index contributed by atoms with van der Waals surface area (Å²) >= 11 is 0. The molecule has 0 unspecified atom stereocenters. The summed E-state index contributed by atoms with van der Waals surface area (Å²) in [6.07, 6.45) is 5.99. The molecule has 0 radical (unpaired) electrons. The molecular formula is C20H26N2O2. The fourth-order valence-electron chi connectivity index (χ4n) is 3.82. The number of rotatable bonds is 5. The quantitative estimate of drug-likeness (QED) is 0.835. The molecule has 24 heavy (non-hydrogen) atoms. The summed E-state index contributed by atoms with van der Waals surface area (Å²) in [7, 11) is 0. The van der Waals surface area contributed by atoms with Crippen molar-refractivity contribution in [2.24, 2.45) is 5.92 Å². The zero-order valence-corrected chi connectivity index (χ0v) is 14.4. The molecule has 0 N–H and O–H groups in total. The second-order valence-electron chi connectivity index (χ2n) is 7.65. The Morgan fingerprint density at radius 2 is 1.96 bits per heavy atom. The first-order valence-corrected chi connectivity index (χ1v) is 9.30. The molecule has 1 saturated heterocycles. The van der Waals surface area contributed by atoms with Gasteiger partial charge in [-0.05, 0) is 51.0 Å². The summed E-state index contributed by atoms with van der Waals surface area (Å²) in [4.78, 5) is 29.6. The number of aryl methyl sites for hydroxylation is 1. The Morgan fingerprint density at radius 1 is 1.17 bits per heavy atom. The third kappa shape index (κ3) is 3.19. The van der Waals surface area contributed by atoms with E-state index in [1.807, 2.05) is 9.80 Å². The van der Waals surface area contributed by atoms with Crippen LogP contribution in [0.1, 0.15) is 49.7 Å². The Bertz CT molecular complexity index is 649. The largest absolute Gasteiger partial charge is 0.334 e. The fraction of sp³-hybridized carbons (Fsp3) is 0.600. The number of hydrogen-bond acceptors (Lipinski definition) is 2. The van der Waals surface area contributed by atoms with Crippen LogP contribution in [-0.2, 0) is 16.1 Å². The molecule has 3 fully saturated rings. The van der Waals surface area contributed by atoms with Crippen molar-refractivity contribution in [2.45, 2.75) is 64.1 Å². The van der Waals surface area contributed by atoms with Crippen LogP contribution in [-0.4, -0.2) is 40.2 Å². The zero-order valence-electron chi connectivity index (χ0n) is 14.4. The topological polar surface area (TPSA) is 40.6 Å². The second-order valence-corrected chi connectivity index (χ2v) is 7.65. The van der Waals surface area contributed by atoms with E-state index in [0.717, 1.165) is 45.1 Å². The molecule has 1 heterocycles. The maximum Gasteiger partial charge on any atom is 0.245 e. The van der Waals surface area contributed by atoms with Crippen molar-refractivity contribution in [1.29, 1.82) is 0 Å². The first-order chi connectivity index (χ1) is 11.6. The standard InChI is InChI=1S/C20H26N2O2/c1-14-4-2-5-15(12-14)13-22(17-9-10-17)20(24)18-6-3-11-21(18)19(23)16-7-8-16/h2,4-5,12,16-18H,3,6-11,13H2,1H3/t18-/m1/s1. The van der Waals surface area contributed by atoms with Crippen molar-refractivity contribution < 1.29 is 9.59 Å². The molecule has 0 bridgehead atoms. The van der Waals surface area contributed by atoms with E-state index in [2.05, 4.69) is 31.2 Å². The number of amides is 2.